The van der Waals surface area contributed by atoms with Gasteiger partial charge >= 0.3 is 0 Å². The van der Waals surface area contributed by atoms with Crippen LogP contribution in [-0.4, -0.2) is 0 Å². The predicted molar refractivity (Wildman–Crippen MR) is 163 cm³/mol. The smallest absolute Gasteiger partial charge is 0.0622 e. The molecular formula is C38H26. The average molecular weight is 490 g/mol. The van der Waals surface area contributed by atoms with Crippen LogP contribution in [0.25, 0.3) is 66.1 Å². The van der Waals surface area contributed by atoms with Gasteiger partial charge in [0.05, 0.1) is 9.60 Å². The molecule has 178 valence electrons. The first-order chi connectivity index (χ1) is 21.8. The fraction of sp³-hybridized carbons (Fsp3) is 0. The second-order valence-electron chi connectivity index (χ2n) is 9.14. The SMILES string of the molecule is [2H]c1c([2H])c([2H])c2c(-c3ccccc3-c3ccccc3)c3c([2H])c([2H])c(-c4ccccc4)c([2H])c3c(-c3ccccc3)c2c1[2H]. The molecule has 0 aliphatic rings. The van der Waals surface area contributed by atoms with Crippen LogP contribution in [0.1, 0.15) is 9.60 Å². The molecule has 0 fully saturated rings. The molecule has 0 N–H and O–H groups in total. The summed E-state index contributed by atoms with van der Waals surface area (Å²) in [6, 6.07) is 34.4. The van der Waals surface area contributed by atoms with Crippen LogP contribution in [-0.2, 0) is 0 Å². The Kier molecular flexibility index (Phi) is 4.00. The molecule has 0 radical (unpaired) electrons. The van der Waals surface area contributed by atoms with E-state index >= 15 is 0 Å². The highest BCUT2D eigenvalue weighted by Crippen LogP contribution is 2.46. The monoisotopic (exact) mass is 489 g/mol. The third kappa shape index (κ3) is 3.79. The Labute approximate surface area is 233 Å². The van der Waals surface area contributed by atoms with E-state index in [2.05, 4.69) is 0 Å². The van der Waals surface area contributed by atoms with Crippen LogP contribution in [0.2, 0.25) is 0 Å². The minimum absolute atomic E-state index is 0.0313. The molecule has 7 aromatic rings. The van der Waals surface area contributed by atoms with Crippen LogP contribution in [0.3, 0.4) is 0 Å². The average Bonchev–Trinajstić information content (AvgIpc) is 3.09. The Morgan fingerprint density at radius 1 is 0.342 bits per heavy atom. The number of benzene rings is 7. The summed E-state index contributed by atoms with van der Waals surface area (Å²) in [5, 5.41) is 1.22. The summed E-state index contributed by atoms with van der Waals surface area (Å²) in [7, 11) is 0. The van der Waals surface area contributed by atoms with Crippen LogP contribution in [0.5, 0.6) is 0 Å². The topological polar surface area (TPSA) is 0 Å². The summed E-state index contributed by atoms with van der Waals surface area (Å²) in [4.78, 5) is 0. The second kappa shape index (κ2) is 9.50. The first-order valence-corrected chi connectivity index (χ1v) is 12.6. The van der Waals surface area contributed by atoms with Gasteiger partial charge in [-0.15, -0.1) is 0 Å². The van der Waals surface area contributed by atoms with Gasteiger partial charge in [0, 0.05) is 0 Å². The van der Waals surface area contributed by atoms with Gasteiger partial charge in [0.1, 0.15) is 0 Å². The second-order valence-corrected chi connectivity index (χ2v) is 9.14. The lowest BCUT2D eigenvalue weighted by molar-refractivity contribution is 1.60. The Morgan fingerprint density at radius 3 is 1.50 bits per heavy atom. The van der Waals surface area contributed by atoms with Crippen molar-refractivity contribution in [3.05, 3.63) is 158 Å². The van der Waals surface area contributed by atoms with Crippen LogP contribution < -0.4 is 0 Å². The molecule has 0 aliphatic heterocycles. The number of hydrogen-bond donors (Lipinski definition) is 0. The van der Waals surface area contributed by atoms with Crippen molar-refractivity contribution in [2.75, 3.05) is 0 Å². The van der Waals surface area contributed by atoms with Gasteiger partial charge in [-0.25, -0.2) is 0 Å². The van der Waals surface area contributed by atoms with Crippen molar-refractivity contribution >= 4 is 21.5 Å². The zero-order chi connectivity index (χ0) is 31.4. The summed E-state index contributed by atoms with van der Waals surface area (Å²) in [6.07, 6.45) is 0. The van der Waals surface area contributed by atoms with Crippen molar-refractivity contribution in [1.82, 2.24) is 0 Å². The number of rotatable bonds is 4. The van der Waals surface area contributed by atoms with Gasteiger partial charge in [-0.2, -0.15) is 0 Å². The Bertz CT molecular complexity index is 2260. The minimum atomic E-state index is -0.381. The zero-order valence-corrected chi connectivity index (χ0v) is 20.5. The largest absolute Gasteiger partial charge is 0.0636 e. The normalized spacial score (nSPS) is 13.7. The number of hydrogen-bond acceptors (Lipinski definition) is 0. The maximum atomic E-state index is 9.68. The lowest BCUT2D eigenvalue weighted by Crippen LogP contribution is -1.93. The Morgan fingerprint density at radius 2 is 0.842 bits per heavy atom. The summed E-state index contributed by atoms with van der Waals surface area (Å²) >= 11 is 0. The molecule has 0 bridgehead atoms. The summed E-state index contributed by atoms with van der Waals surface area (Å²) in [6.45, 7) is 0. The van der Waals surface area contributed by atoms with E-state index in [1.807, 2.05) is 115 Å². The van der Waals surface area contributed by atoms with Crippen LogP contribution in [0.15, 0.2) is 158 Å². The fourth-order valence-electron chi connectivity index (χ4n) is 5.20. The molecule has 0 spiro atoms. The molecule has 7 aromatic carbocycles. The van der Waals surface area contributed by atoms with Crippen molar-refractivity contribution in [3.8, 4) is 44.5 Å². The van der Waals surface area contributed by atoms with Gasteiger partial charge in [-0.3, -0.25) is 0 Å². The van der Waals surface area contributed by atoms with E-state index in [0.717, 1.165) is 11.1 Å². The van der Waals surface area contributed by atoms with Crippen molar-refractivity contribution in [1.29, 1.82) is 0 Å². The lowest BCUT2D eigenvalue weighted by Gasteiger charge is -2.20. The molecule has 0 atom stereocenters. The van der Waals surface area contributed by atoms with Crippen LogP contribution in [0, 0.1) is 0 Å². The van der Waals surface area contributed by atoms with Gasteiger partial charge in [-0.05, 0) is 72.1 Å². The van der Waals surface area contributed by atoms with Gasteiger partial charge < -0.3 is 0 Å². The maximum absolute atomic E-state index is 9.68. The number of fused-ring (bicyclic) bond motifs is 2. The standard InChI is InChI=1S/C38H26/c1-4-14-27(15-5-1)30-24-25-35-36(26-30)37(29-18-8-3-9-19-29)33-22-12-13-23-34(33)38(35)32-21-11-10-20-31(32)28-16-6-2-7-17-28/h1-26H/i12D,13D,22D,23D,24D,25D,26D. The molecule has 0 aromatic heterocycles. The van der Waals surface area contributed by atoms with Gasteiger partial charge in [-0.1, -0.05) is 152 Å². The van der Waals surface area contributed by atoms with Crippen LogP contribution in [0.4, 0.5) is 0 Å². The summed E-state index contributed by atoms with van der Waals surface area (Å²) in [5.74, 6) is 0. The molecule has 0 aliphatic carbocycles. The third-order valence-electron chi connectivity index (χ3n) is 6.91. The van der Waals surface area contributed by atoms with Crippen LogP contribution >= 0.6 is 0 Å². The predicted octanol–water partition coefficient (Wildman–Crippen LogP) is 10.7. The molecule has 0 amide bonds. The molecular weight excluding hydrogens is 456 g/mol. The zero-order valence-electron chi connectivity index (χ0n) is 27.5. The fourth-order valence-corrected chi connectivity index (χ4v) is 5.20. The van der Waals surface area contributed by atoms with Crippen molar-refractivity contribution in [2.24, 2.45) is 0 Å². The van der Waals surface area contributed by atoms with Gasteiger partial charge in [0.2, 0.25) is 0 Å². The maximum Gasteiger partial charge on any atom is 0.0636 e. The molecule has 0 unspecified atom stereocenters. The highest BCUT2D eigenvalue weighted by Gasteiger charge is 2.19. The highest BCUT2D eigenvalue weighted by atomic mass is 14.2. The van der Waals surface area contributed by atoms with E-state index in [1.54, 1.807) is 0 Å². The summed E-state index contributed by atoms with van der Waals surface area (Å²) < 4.78 is 64.3. The molecule has 0 nitrogen and oxygen atoms in total. The molecule has 0 heterocycles. The van der Waals surface area contributed by atoms with E-state index in [9.17, 15) is 6.85 Å². The van der Waals surface area contributed by atoms with Gasteiger partial charge in [0.15, 0.2) is 0 Å². The molecule has 0 heteroatoms. The first-order valence-electron chi connectivity index (χ1n) is 16.1. The van der Waals surface area contributed by atoms with E-state index in [-0.39, 0.29) is 53.1 Å². The molecule has 38 heavy (non-hydrogen) atoms. The minimum Gasteiger partial charge on any atom is -0.0622 e. The highest BCUT2D eigenvalue weighted by molar-refractivity contribution is 6.22. The van der Waals surface area contributed by atoms with Crippen molar-refractivity contribution in [3.63, 3.8) is 0 Å². The van der Waals surface area contributed by atoms with Crippen molar-refractivity contribution < 1.29 is 9.60 Å². The van der Waals surface area contributed by atoms with Crippen molar-refractivity contribution in [2.45, 2.75) is 0 Å². The third-order valence-corrected chi connectivity index (χ3v) is 6.91. The lowest BCUT2D eigenvalue weighted by atomic mass is 9.83. The molecule has 7 rings (SSSR count). The van der Waals surface area contributed by atoms with E-state index < -0.39 is 0 Å². The molecule has 0 saturated carbocycles. The van der Waals surface area contributed by atoms with E-state index in [0.29, 0.717) is 44.2 Å². The quantitative estimate of drug-likeness (QED) is 0.216. The van der Waals surface area contributed by atoms with E-state index in [1.165, 1.54) is 0 Å². The summed E-state index contributed by atoms with van der Waals surface area (Å²) in [5.41, 5.74) is 4.81. The molecule has 0 saturated heterocycles. The first kappa shape index (κ1) is 16.0. The van der Waals surface area contributed by atoms with E-state index in [4.69, 9.17) is 2.74 Å². The van der Waals surface area contributed by atoms with Gasteiger partial charge in [0.25, 0.3) is 0 Å². The Balaban J connectivity index is 1.83. The Hall–Kier alpha value is -4.94.